The maximum absolute atomic E-state index is 12.1. The van der Waals surface area contributed by atoms with Crippen molar-refractivity contribution in [2.75, 3.05) is 0 Å². The van der Waals surface area contributed by atoms with E-state index in [9.17, 15) is 4.79 Å². The molecule has 2 aromatic rings. The maximum Gasteiger partial charge on any atom is 0.158 e. The van der Waals surface area contributed by atoms with Gasteiger partial charge in [0.05, 0.1) is 6.04 Å². The molecule has 0 spiro atoms. The van der Waals surface area contributed by atoms with E-state index in [0.717, 1.165) is 15.6 Å². The van der Waals surface area contributed by atoms with Crippen molar-refractivity contribution >= 4 is 21.7 Å². The molecule has 1 atom stereocenters. The summed E-state index contributed by atoms with van der Waals surface area (Å²) in [4.78, 5) is 12.1. The molecule has 0 aliphatic rings. The number of halogens is 1. The highest BCUT2D eigenvalue weighted by molar-refractivity contribution is 9.10. The number of hydrogen-bond donors (Lipinski definition) is 1. The van der Waals surface area contributed by atoms with Crippen LogP contribution in [0.1, 0.15) is 17.2 Å². The van der Waals surface area contributed by atoms with Gasteiger partial charge >= 0.3 is 0 Å². The van der Waals surface area contributed by atoms with Crippen LogP contribution >= 0.6 is 15.9 Å². The smallest absolute Gasteiger partial charge is 0.158 e. The highest BCUT2D eigenvalue weighted by Crippen LogP contribution is 2.16. The third-order valence-corrected chi connectivity index (χ3v) is 3.27. The number of nitrogens with two attached hydrogens (primary N) is 1. The second kappa shape index (κ2) is 5.94. The van der Waals surface area contributed by atoms with Crippen molar-refractivity contribution < 1.29 is 4.79 Å². The standard InChI is InChI=1S/C15H14BrNO/c16-13-8-4-5-11(9-13)10-14(18)15(17)12-6-2-1-3-7-12/h1-9,15H,10,17H2/t15-/m1/s1. The Morgan fingerprint density at radius 1 is 1.11 bits per heavy atom. The lowest BCUT2D eigenvalue weighted by atomic mass is 9.98. The fourth-order valence-electron chi connectivity index (χ4n) is 1.80. The monoisotopic (exact) mass is 303 g/mol. The summed E-state index contributed by atoms with van der Waals surface area (Å²) in [7, 11) is 0. The molecule has 3 heteroatoms. The minimum absolute atomic E-state index is 0.0271. The van der Waals surface area contributed by atoms with Crippen LogP contribution in [0.15, 0.2) is 59.1 Å². The van der Waals surface area contributed by atoms with E-state index in [1.165, 1.54) is 0 Å². The predicted octanol–water partition coefficient (Wildman–Crippen LogP) is 3.26. The van der Waals surface area contributed by atoms with Crippen molar-refractivity contribution in [1.82, 2.24) is 0 Å². The van der Waals surface area contributed by atoms with Gasteiger partial charge in [-0.3, -0.25) is 4.79 Å². The number of rotatable bonds is 4. The van der Waals surface area contributed by atoms with Crippen molar-refractivity contribution in [3.63, 3.8) is 0 Å². The van der Waals surface area contributed by atoms with Gasteiger partial charge in [0.2, 0.25) is 0 Å². The molecule has 0 aliphatic carbocycles. The molecule has 0 aromatic heterocycles. The Bertz CT molecular complexity index is 539. The van der Waals surface area contributed by atoms with Crippen molar-refractivity contribution in [3.05, 3.63) is 70.2 Å². The molecular weight excluding hydrogens is 290 g/mol. The largest absolute Gasteiger partial charge is 0.318 e. The van der Waals surface area contributed by atoms with Gasteiger partial charge in [-0.1, -0.05) is 58.4 Å². The van der Waals surface area contributed by atoms with Gasteiger partial charge < -0.3 is 5.73 Å². The van der Waals surface area contributed by atoms with Crippen LogP contribution in [0.5, 0.6) is 0 Å². The Kier molecular flexibility index (Phi) is 4.28. The zero-order valence-corrected chi connectivity index (χ0v) is 11.4. The van der Waals surface area contributed by atoms with Crippen molar-refractivity contribution in [1.29, 1.82) is 0 Å². The lowest BCUT2D eigenvalue weighted by Crippen LogP contribution is -2.23. The minimum atomic E-state index is -0.551. The van der Waals surface area contributed by atoms with E-state index in [-0.39, 0.29) is 5.78 Å². The number of benzene rings is 2. The van der Waals surface area contributed by atoms with E-state index >= 15 is 0 Å². The molecule has 2 rings (SSSR count). The highest BCUT2D eigenvalue weighted by Gasteiger charge is 2.15. The van der Waals surface area contributed by atoms with Gasteiger partial charge in [0.1, 0.15) is 0 Å². The zero-order chi connectivity index (χ0) is 13.0. The van der Waals surface area contributed by atoms with Gasteiger partial charge in [0.15, 0.2) is 5.78 Å². The molecule has 0 unspecified atom stereocenters. The minimum Gasteiger partial charge on any atom is -0.318 e. The second-order valence-electron chi connectivity index (χ2n) is 4.16. The van der Waals surface area contributed by atoms with E-state index in [4.69, 9.17) is 5.73 Å². The molecule has 0 bridgehead atoms. The molecule has 2 aromatic carbocycles. The van der Waals surface area contributed by atoms with E-state index in [1.54, 1.807) is 0 Å². The average Bonchev–Trinajstić information content (AvgIpc) is 2.39. The fraction of sp³-hybridized carbons (Fsp3) is 0.133. The van der Waals surface area contributed by atoms with Crippen LogP contribution in [0, 0.1) is 0 Å². The van der Waals surface area contributed by atoms with E-state index in [1.807, 2.05) is 54.6 Å². The molecule has 0 aliphatic heterocycles. The highest BCUT2D eigenvalue weighted by atomic mass is 79.9. The molecule has 18 heavy (non-hydrogen) atoms. The number of ketones is 1. The summed E-state index contributed by atoms with van der Waals surface area (Å²) in [5.74, 6) is 0.0271. The van der Waals surface area contributed by atoms with Crippen LogP contribution in [0.25, 0.3) is 0 Å². The van der Waals surface area contributed by atoms with Crippen LogP contribution in [-0.4, -0.2) is 5.78 Å². The molecule has 0 saturated heterocycles. The summed E-state index contributed by atoms with van der Waals surface area (Å²) in [5, 5.41) is 0. The first-order valence-corrected chi connectivity index (χ1v) is 6.54. The van der Waals surface area contributed by atoms with E-state index < -0.39 is 6.04 Å². The molecule has 2 nitrogen and oxygen atoms in total. The normalized spacial score (nSPS) is 12.1. The SMILES string of the molecule is N[C@@H](C(=O)Cc1cccc(Br)c1)c1ccccc1. The van der Waals surface area contributed by atoms with Gasteiger partial charge in [0.25, 0.3) is 0 Å². The van der Waals surface area contributed by atoms with Gasteiger partial charge in [-0.25, -0.2) is 0 Å². The second-order valence-corrected chi connectivity index (χ2v) is 5.08. The number of hydrogen-bond acceptors (Lipinski definition) is 2. The van der Waals surface area contributed by atoms with Crippen LogP contribution in [0.2, 0.25) is 0 Å². The summed E-state index contributed by atoms with van der Waals surface area (Å²) in [5.41, 5.74) is 7.79. The number of carbonyl (C=O) groups is 1. The summed E-state index contributed by atoms with van der Waals surface area (Å²) >= 11 is 3.39. The topological polar surface area (TPSA) is 43.1 Å². The van der Waals surface area contributed by atoms with Crippen molar-refractivity contribution in [2.45, 2.75) is 12.5 Å². The first-order chi connectivity index (χ1) is 8.66. The molecule has 92 valence electrons. The summed E-state index contributed by atoms with van der Waals surface area (Å²) in [6, 6.07) is 16.6. The van der Waals surface area contributed by atoms with E-state index in [2.05, 4.69) is 15.9 Å². The van der Waals surface area contributed by atoms with Crippen LogP contribution < -0.4 is 5.73 Å². The number of carbonyl (C=O) groups excluding carboxylic acids is 1. The molecule has 0 radical (unpaired) electrons. The Morgan fingerprint density at radius 2 is 1.83 bits per heavy atom. The van der Waals surface area contributed by atoms with Crippen molar-refractivity contribution in [3.8, 4) is 0 Å². The van der Waals surface area contributed by atoms with Crippen LogP contribution in [0.4, 0.5) is 0 Å². The van der Waals surface area contributed by atoms with Gasteiger partial charge in [-0.15, -0.1) is 0 Å². The predicted molar refractivity (Wildman–Crippen MR) is 76.2 cm³/mol. The number of Topliss-reactive ketones (excluding diaryl/α,β-unsaturated/α-hetero) is 1. The Morgan fingerprint density at radius 3 is 2.50 bits per heavy atom. The molecular formula is C15H14BrNO. The molecule has 0 amide bonds. The lowest BCUT2D eigenvalue weighted by Gasteiger charge is -2.11. The summed E-state index contributed by atoms with van der Waals surface area (Å²) in [6.07, 6.45) is 0.357. The fourth-order valence-corrected chi connectivity index (χ4v) is 2.25. The lowest BCUT2D eigenvalue weighted by molar-refractivity contribution is -0.119. The van der Waals surface area contributed by atoms with Crippen LogP contribution in [0.3, 0.4) is 0 Å². The third kappa shape index (κ3) is 3.28. The van der Waals surface area contributed by atoms with Gasteiger partial charge in [-0.05, 0) is 23.3 Å². The van der Waals surface area contributed by atoms with Gasteiger partial charge in [-0.2, -0.15) is 0 Å². The van der Waals surface area contributed by atoms with Crippen LogP contribution in [-0.2, 0) is 11.2 Å². The van der Waals surface area contributed by atoms with Crippen molar-refractivity contribution in [2.24, 2.45) is 5.73 Å². The summed E-state index contributed by atoms with van der Waals surface area (Å²) < 4.78 is 0.973. The Hall–Kier alpha value is -1.45. The third-order valence-electron chi connectivity index (χ3n) is 2.77. The maximum atomic E-state index is 12.1. The molecule has 0 fully saturated rings. The Labute approximate surface area is 115 Å². The molecule has 2 N–H and O–H groups in total. The Balaban J connectivity index is 2.09. The first kappa shape index (κ1) is 13.0. The molecule has 0 heterocycles. The van der Waals surface area contributed by atoms with Gasteiger partial charge in [0, 0.05) is 10.9 Å². The molecule has 0 saturated carbocycles. The zero-order valence-electron chi connectivity index (χ0n) is 9.84. The first-order valence-electron chi connectivity index (χ1n) is 5.74. The quantitative estimate of drug-likeness (QED) is 0.942. The average molecular weight is 304 g/mol. The summed E-state index contributed by atoms with van der Waals surface area (Å²) in [6.45, 7) is 0. The van der Waals surface area contributed by atoms with E-state index in [0.29, 0.717) is 6.42 Å².